The predicted molar refractivity (Wildman–Crippen MR) is 88.1 cm³/mol. The lowest BCUT2D eigenvalue weighted by Gasteiger charge is -2.18. The Kier molecular flexibility index (Phi) is 6.37. The van der Waals surface area contributed by atoms with E-state index in [0.717, 1.165) is 11.1 Å². The summed E-state index contributed by atoms with van der Waals surface area (Å²) in [4.78, 5) is 23.3. The number of carbonyl (C=O) groups excluding carboxylic acids is 2. The van der Waals surface area contributed by atoms with Crippen molar-refractivity contribution in [1.82, 2.24) is 5.32 Å². The second kappa shape index (κ2) is 8.72. The molecular formula is C19H20NO4-. The average molecular weight is 326 g/mol. The van der Waals surface area contributed by atoms with Gasteiger partial charge in [-0.1, -0.05) is 42.5 Å². The Labute approximate surface area is 141 Å². The molecule has 0 fully saturated rings. The zero-order chi connectivity index (χ0) is 17.4. The summed E-state index contributed by atoms with van der Waals surface area (Å²) in [6, 6.07) is 16.7. The smallest absolute Gasteiger partial charge is 0.224 e. The first-order valence-corrected chi connectivity index (χ1v) is 7.73. The molecule has 2 aromatic carbocycles. The second-order valence-corrected chi connectivity index (χ2v) is 5.53. The molecule has 1 N–H and O–H groups in total. The van der Waals surface area contributed by atoms with Crippen molar-refractivity contribution in [1.29, 1.82) is 0 Å². The van der Waals surface area contributed by atoms with E-state index in [0.29, 0.717) is 18.7 Å². The van der Waals surface area contributed by atoms with Crippen molar-refractivity contribution >= 4 is 11.9 Å². The highest BCUT2D eigenvalue weighted by Gasteiger charge is 2.19. The molecule has 0 unspecified atom stereocenters. The van der Waals surface area contributed by atoms with E-state index in [9.17, 15) is 14.7 Å². The van der Waals surface area contributed by atoms with E-state index in [-0.39, 0.29) is 12.3 Å². The minimum absolute atomic E-state index is 0.293. The lowest BCUT2D eigenvalue weighted by Crippen LogP contribution is -2.36. The summed E-state index contributed by atoms with van der Waals surface area (Å²) in [7, 11) is 1.57. The molecule has 0 aromatic heterocycles. The van der Waals surface area contributed by atoms with Crippen molar-refractivity contribution in [2.24, 2.45) is 5.92 Å². The van der Waals surface area contributed by atoms with Gasteiger partial charge in [0.2, 0.25) is 5.91 Å². The van der Waals surface area contributed by atoms with Crippen LogP contribution in [-0.2, 0) is 22.6 Å². The van der Waals surface area contributed by atoms with Crippen molar-refractivity contribution in [3.63, 3.8) is 0 Å². The van der Waals surface area contributed by atoms with E-state index in [2.05, 4.69) is 5.32 Å². The van der Waals surface area contributed by atoms with Crippen LogP contribution in [0, 0.1) is 5.92 Å². The number of benzene rings is 2. The Hall–Kier alpha value is -2.82. The minimum atomic E-state index is -1.23. The number of nitrogens with one attached hydrogen (secondary N) is 1. The molecule has 0 spiro atoms. The largest absolute Gasteiger partial charge is 0.550 e. The SMILES string of the molecule is COc1ccc(C[C@@H](CC(=O)[O-])C(=O)NCc2ccccc2)cc1. The summed E-state index contributed by atoms with van der Waals surface area (Å²) in [6.45, 7) is 0.367. The van der Waals surface area contributed by atoms with Crippen LogP contribution in [-0.4, -0.2) is 19.0 Å². The van der Waals surface area contributed by atoms with Gasteiger partial charge in [0.05, 0.1) is 7.11 Å². The van der Waals surface area contributed by atoms with Crippen molar-refractivity contribution in [2.75, 3.05) is 7.11 Å². The van der Waals surface area contributed by atoms with Gasteiger partial charge in [-0.3, -0.25) is 4.79 Å². The maximum atomic E-state index is 12.4. The number of methoxy groups -OCH3 is 1. The molecule has 0 heterocycles. The van der Waals surface area contributed by atoms with E-state index in [1.54, 1.807) is 19.2 Å². The van der Waals surface area contributed by atoms with Gasteiger partial charge in [0.15, 0.2) is 0 Å². The second-order valence-electron chi connectivity index (χ2n) is 5.53. The van der Waals surface area contributed by atoms with E-state index >= 15 is 0 Å². The van der Waals surface area contributed by atoms with Crippen molar-refractivity contribution in [3.8, 4) is 5.75 Å². The zero-order valence-corrected chi connectivity index (χ0v) is 13.5. The van der Waals surface area contributed by atoms with Crippen LogP contribution in [0.2, 0.25) is 0 Å². The highest BCUT2D eigenvalue weighted by atomic mass is 16.5. The number of carboxylic acid groups (broad SMARTS) is 1. The molecule has 5 heteroatoms. The van der Waals surface area contributed by atoms with Crippen molar-refractivity contribution in [3.05, 3.63) is 65.7 Å². The number of aliphatic carboxylic acids is 1. The van der Waals surface area contributed by atoms with E-state index in [1.807, 2.05) is 42.5 Å². The lowest BCUT2D eigenvalue weighted by atomic mass is 9.95. The van der Waals surface area contributed by atoms with E-state index in [1.165, 1.54) is 0 Å². The Bertz CT molecular complexity index is 668. The summed E-state index contributed by atoms with van der Waals surface area (Å²) in [6.07, 6.45) is 0.0191. The molecule has 1 amide bonds. The normalized spacial score (nSPS) is 11.5. The van der Waals surface area contributed by atoms with Gasteiger partial charge < -0.3 is 20.0 Å². The number of ether oxygens (including phenoxy) is 1. The van der Waals surface area contributed by atoms with Gasteiger partial charge >= 0.3 is 0 Å². The lowest BCUT2D eigenvalue weighted by molar-refractivity contribution is -0.306. The number of hydrogen-bond donors (Lipinski definition) is 1. The summed E-state index contributed by atoms with van der Waals surface area (Å²) in [5, 5.41) is 13.8. The standard InChI is InChI=1S/C19H21NO4/c1-24-17-9-7-14(8-10-17)11-16(12-18(21)22)19(23)20-13-15-5-3-2-4-6-15/h2-10,16H,11-13H2,1H3,(H,20,23)(H,21,22)/p-1/t16-/m0/s1. The van der Waals surface area contributed by atoms with Gasteiger partial charge in [0.1, 0.15) is 5.75 Å². The van der Waals surface area contributed by atoms with Crippen molar-refractivity contribution in [2.45, 2.75) is 19.4 Å². The molecule has 0 saturated heterocycles. The number of carbonyl (C=O) groups is 2. The first-order chi connectivity index (χ1) is 11.6. The van der Waals surface area contributed by atoms with Crippen molar-refractivity contribution < 1.29 is 19.4 Å². The summed E-state index contributed by atoms with van der Waals surface area (Å²) in [5.74, 6) is -1.49. The van der Waals surface area contributed by atoms with Gasteiger partial charge in [-0.2, -0.15) is 0 Å². The molecule has 5 nitrogen and oxygen atoms in total. The molecule has 2 aromatic rings. The number of amides is 1. The number of hydrogen-bond acceptors (Lipinski definition) is 4. The van der Waals surface area contributed by atoms with Gasteiger partial charge in [-0.15, -0.1) is 0 Å². The Morgan fingerprint density at radius 2 is 1.71 bits per heavy atom. The van der Waals surface area contributed by atoms with Gasteiger partial charge in [-0.05, 0) is 36.1 Å². The average Bonchev–Trinajstić information content (AvgIpc) is 2.60. The van der Waals surface area contributed by atoms with Crippen LogP contribution in [0.15, 0.2) is 54.6 Å². The Morgan fingerprint density at radius 1 is 1.04 bits per heavy atom. The third-order valence-corrected chi connectivity index (χ3v) is 3.73. The van der Waals surface area contributed by atoms with Crippen LogP contribution in [0.25, 0.3) is 0 Å². The molecule has 0 aliphatic rings. The van der Waals surface area contributed by atoms with Gasteiger partial charge in [0, 0.05) is 18.4 Å². The molecule has 0 radical (unpaired) electrons. The van der Waals surface area contributed by atoms with E-state index < -0.39 is 11.9 Å². The number of carboxylic acids is 1. The minimum Gasteiger partial charge on any atom is -0.550 e. The van der Waals surface area contributed by atoms with Crippen LogP contribution >= 0.6 is 0 Å². The number of rotatable bonds is 8. The van der Waals surface area contributed by atoms with Crippen LogP contribution in [0.3, 0.4) is 0 Å². The first kappa shape index (κ1) is 17.5. The molecule has 0 aliphatic carbocycles. The van der Waals surface area contributed by atoms with Crippen LogP contribution in [0.4, 0.5) is 0 Å². The predicted octanol–water partition coefficient (Wildman–Crippen LogP) is 1.31. The molecule has 0 saturated carbocycles. The van der Waals surface area contributed by atoms with Crippen LogP contribution in [0.1, 0.15) is 17.5 Å². The molecule has 0 aliphatic heterocycles. The molecule has 1 atom stereocenters. The Balaban J connectivity index is 2.00. The van der Waals surface area contributed by atoms with Gasteiger partial charge in [0.25, 0.3) is 0 Å². The fraction of sp³-hybridized carbons (Fsp3) is 0.263. The molecule has 24 heavy (non-hydrogen) atoms. The third kappa shape index (κ3) is 5.43. The molecule has 0 bridgehead atoms. The quantitative estimate of drug-likeness (QED) is 0.793. The maximum absolute atomic E-state index is 12.4. The zero-order valence-electron chi connectivity index (χ0n) is 13.5. The summed E-state index contributed by atoms with van der Waals surface area (Å²) >= 11 is 0. The van der Waals surface area contributed by atoms with E-state index in [4.69, 9.17) is 4.74 Å². The van der Waals surface area contributed by atoms with Crippen LogP contribution in [0.5, 0.6) is 5.75 Å². The molecular weight excluding hydrogens is 306 g/mol. The Morgan fingerprint density at radius 3 is 2.29 bits per heavy atom. The topological polar surface area (TPSA) is 78.5 Å². The fourth-order valence-corrected chi connectivity index (χ4v) is 2.43. The molecule has 126 valence electrons. The summed E-state index contributed by atoms with van der Waals surface area (Å²) in [5.41, 5.74) is 1.83. The van der Waals surface area contributed by atoms with Gasteiger partial charge in [-0.25, -0.2) is 0 Å². The third-order valence-electron chi connectivity index (χ3n) is 3.73. The highest BCUT2D eigenvalue weighted by Crippen LogP contribution is 2.17. The summed E-state index contributed by atoms with van der Waals surface area (Å²) < 4.78 is 5.09. The highest BCUT2D eigenvalue weighted by molar-refractivity contribution is 5.83. The first-order valence-electron chi connectivity index (χ1n) is 7.73. The fourth-order valence-electron chi connectivity index (χ4n) is 2.43. The maximum Gasteiger partial charge on any atom is 0.224 e. The van der Waals surface area contributed by atoms with Crippen LogP contribution < -0.4 is 15.2 Å². The molecule has 2 rings (SSSR count). The monoisotopic (exact) mass is 326 g/mol.